The lowest BCUT2D eigenvalue weighted by molar-refractivity contribution is -0.130. The molecule has 1 aromatic rings. The minimum Gasteiger partial charge on any atom is -0.343 e. The minimum atomic E-state index is -0.124. The molecule has 1 N–H and O–H groups in total. The van der Waals surface area contributed by atoms with E-state index in [4.69, 9.17) is 11.6 Å². The maximum absolute atomic E-state index is 12.2. The van der Waals surface area contributed by atoms with Gasteiger partial charge in [0.15, 0.2) is 0 Å². The van der Waals surface area contributed by atoms with Crippen molar-refractivity contribution in [1.82, 2.24) is 9.80 Å². The smallest absolute Gasteiger partial charge is 0.321 e. The Morgan fingerprint density at radius 2 is 2.00 bits per heavy atom. The summed E-state index contributed by atoms with van der Waals surface area (Å²) in [5.74, 6) is 0.0665. The number of benzene rings is 1. The van der Waals surface area contributed by atoms with Crippen LogP contribution in [-0.2, 0) is 4.79 Å². The van der Waals surface area contributed by atoms with Crippen molar-refractivity contribution in [3.8, 4) is 0 Å². The molecule has 1 heterocycles. The van der Waals surface area contributed by atoms with Crippen LogP contribution in [0, 0.1) is 0 Å². The van der Waals surface area contributed by atoms with Gasteiger partial charge < -0.3 is 15.1 Å². The number of hydrogen-bond donors (Lipinski definition) is 1. The summed E-state index contributed by atoms with van der Waals surface area (Å²) in [4.78, 5) is 27.1. The summed E-state index contributed by atoms with van der Waals surface area (Å²) in [6.45, 7) is 2.86. The first-order valence-electron chi connectivity index (χ1n) is 7.02. The molecule has 114 valence electrons. The highest BCUT2D eigenvalue weighted by atomic mass is 35.5. The van der Waals surface area contributed by atoms with Crippen LogP contribution in [0.2, 0.25) is 5.02 Å². The highest BCUT2D eigenvalue weighted by Gasteiger charge is 2.26. The molecule has 6 heteroatoms. The molecule has 0 radical (unpaired) electrons. The highest BCUT2D eigenvalue weighted by Crippen LogP contribution is 2.18. The average Bonchev–Trinajstić information content (AvgIpc) is 2.46. The zero-order valence-electron chi connectivity index (χ0n) is 12.3. The molecule has 2 rings (SSSR count). The molecule has 0 atom stereocenters. The molecule has 3 amide bonds. The second-order valence-electron chi connectivity index (χ2n) is 5.29. The van der Waals surface area contributed by atoms with E-state index >= 15 is 0 Å². The van der Waals surface area contributed by atoms with Crippen molar-refractivity contribution in [2.24, 2.45) is 0 Å². The first kappa shape index (κ1) is 15.6. The van der Waals surface area contributed by atoms with E-state index in [-0.39, 0.29) is 18.0 Å². The zero-order valence-corrected chi connectivity index (χ0v) is 13.1. The van der Waals surface area contributed by atoms with Crippen LogP contribution in [0.15, 0.2) is 24.3 Å². The number of hydrogen-bond acceptors (Lipinski definition) is 2. The minimum absolute atomic E-state index is 0.0665. The Balaban J connectivity index is 1.87. The van der Waals surface area contributed by atoms with Gasteiger partial charge in [0.1, 0.15) is 0 Å². The van der Waals surface area contributed by atoms with Gasteiger partial charge in [-0.2, -0.15) is 0 Å². The molecule has 1 aliphatic heterocycles. The molecule has 0 unspecified atom stereocenters. The second-order valence-corrected chi connectivity index (χ2v) is 5.73. The summed E-state index contributed by atoms with van der Waals surface area (Å²) in [7, 11) is 1.81. The van der Waals surface area contributed by atoms with Gasteiger partial charge in [-0.1, -0.05) is 17.7 Å². The summed E-state index contributed by atoms with van der Waals surface area (Å²) >= 11 is 5.90. The van der Waals surface area contributed by atoms with Gasteiger partial charge in [-0.15, -0.1) is 0 Å². The predicted molar refractivity (Wildman–Crippen MR) is 83.5 cm³/mol. The van der Waals surface area contributed by atoms with Crippen molar-refractivity contribution in [3.63, 3.8) is 0 Å². The van der Waals surface area contributed by atoms with Crippen LogP contribution in [0.3, 0.4) is 0 Å². The lowest BCUT2D eigenvalue weighted by atomic mass is 10.0. The molecule has 0 saturated carbocycles. The van der Waals surface area contributed by atoms with Gasteiger partial charge in [-0.3, -0.25) is 4.79 Å². The zero-order chi connectivity index (χ0) is 15.4. The van der Waals surface area contributed by atoms with Gasteiger partial charge in [0, 0.05) is 43.8 Å². The van der Waals surface area contributed by atoms with Crippen LogP contribution in [-0.4, -0.2) is 47.9 Å². The number of nitrogens with zero attached hydrogens (tertiary/aromatic N) is 2. The van der Waals surface area contributed by atoms with Crippen LogP contribution in [0.5, 0.6) is 0 Å². The van der Waals surface area contributed by atoms with Crippen LogP contribution >= 0.6 is 11.6 Å². The number of carbonyl (C=O) groups excluding carboxylic acids is 2. The third kappa shape index (κ3) is 4.11. The number of amides is 3. The largest absolute Gasteiger partial charge is 0.343 e. The number of halogens is 1. The SMILES string of the molecule is CC(=O)N(C)C1CCN(C(=O)Nc2cccc(Cl)c2)CC1. The maximum Gasteiger partial charge on any atom is 0.321 e. The van der Waals surface area contributed by atoms with Crippen molar-refractivity contribution in [3.05, 3.63) is 29.3 Å². The number of urea groups is 1. The fourth-order valence-electron chi connectivity index (χ4n) is 2.48. The van der Waals surface area contributed by atoms with E-state index in [1.807, 2.05) is 7.05 Å². The van der Waals surface area contributed by atoms with Crippen molar-refractivity contribution < 1.29 is 9.59 Å². The molecule has 5 nitrogen and oxygen atoms in total. The highest BCUT2D eigenvalue weighted by molar-refractivity contribution is 6.30. The average molecular weight is 310 g/mol. The van der Waals surface area contributed by atoms with Gasteiger partial charge in [0.25, 0.3) is 0 Å². The van der Waals surface area contributed by atoms with E-state index < -0.39 is 0 Å². The Kier molecular flexibility index (Phi) is 5.07. The number of carbonyl (C=O) groups is 2. The van der Waals surface area contributed by atoms with E-state index in [1.54, 1.807) is 41.0 Å². The first-order chi connectivity index (χ1) is 9.97. The van der Waals surface area contributed by atoms with E-state index in [1.165, 1.54) is 0 Å². The number of anilines is 1. The van der Waals surface area contributed by atoms with Crippen LogP contribution < -0.4 is 5.32 Å². The van der Waals surface area contributed by atoms with Crippen molar-refractivity contribution >= 4 is 29.2 Å². The normalized spacial score (nSPS) is 15.7. The fraction of sp³-hybridized carbons (Fsp3) is 0.467. The lowest BCUT2D eigenvalue weighted by Crippen LogP contribution is -2.47. The molecular formula is C15H20ClN3O2. The predicted octanol–water partition coefficient (Wildman–Crippen LogP) is 2.81. The number of rotatable bonds is 2. The van der Waals surface area contributed by atoms with Crippen LogP contribution in [0.4, 0.5) is 10.5 Å². The van der Waals surface area contributed by atoms with Crippen molar-refractivity contribution in [2.45, 2.75) is 25.8 Å². The molecule has 0 spiro atoms. The molecule has 21 heavy (non-hydrogen) atoms. The third-order valence-electron chi connectivity index (χ3n) is 3.87. The Morgan fingerprint density at radius 3 is 2.57 bits per heavy atom. The molecular weight excluding hydrogens is 290 g/mol. The standard InChI is InChI=1S/C15H20ClN3O2/c1-11(20)18(2)14-6-8-19(9-7-14)15(21)17-13-5-3-4-12(16)10-13/h3-5,10,14H,6-9H2,1-2H3,(H,17,21). The second kappa shape index (κ2) is 6.80. The Labute approximate surface area is 129 Å². The van der Waals surface area contributed by atoms with E-state index in [2.05, 4.69) is 5.32 Å². The monoisotopic (exact) mass is 309 g/mol. The van der Waals surface area contributed by atoms with Gasteiger partial charge in [-0.05, 0) is 31.0 Å². The van der Waals surface area contributed by atoms with E-state index in [9.17, 15) is 9.59 Å². The summed E-state index contributed by atoms with van der Waals surface area (Å²) in [5, 5.41) is 3.43. The van der Waals surface area contributed by atoms with Crippen molar-refractivity contribution in [2.75, 3.05) is 25.5 Å². The molecule has 1 fully saturated rings. The van der Waals surface area contributed by atoms with E-state index in [0.717, 1.165) is 12.8 Å². The quantitative estimate of drug-likeness (QED) is 0.913. The van der Waals surface area contributed by atoms with Crippen molar-refractivity contribution in [1.29, 1.82) is 0 Å². The fourth-order valence-corrected chi connectivity index (χ4v) is 2.67. The maximum atomic E-state index is 12.2. The summed E-state index contributed by atoms with van der Waals surface area (Å²) in [5.41, 5.74) is 0.690. The molecule has 1 aromatic carbocycles. The van der Waals surface area contributed by atoms with Gasteiger partial charge in [-0.25, -0.2) is 4.79 Å². The first-order valence-corrected chi connectivity index (χ1v) is 7.40. The van der Waals surface area contributed by atoms with Crippen LogP contribution in [0.1, 0.15) is 19.8 Å². The Hall–Kier alpha value is -1.75. The van der Waals surface area contributed by atoms with Gasteiger partial charge in [0.05, 0.1) is 0 Å². The summed E-state index contributed by atoms with van der Waals surface area (Å²) in [6.07, 6.45) is 1.61. The molecule has 0 bridgehead atoms. The number of piperidine rings is 1. The molecule has 0 aliphatic carbocycles. The molecule has 1 aliphatic rings. The summed E-state index contributed by atoms with van der Waals surface area (Å²) in [6, 6.07) is 7.18. The van der Waals surface area contributed by atoms with Crippen LogP contribution in [0.25, 0.3) is 0 Å². The topological polar surface area (TPSA) is 52.7 Å². The summed E-state index contributed by atoms with van der Waals surface area (Å²) < 4.78 is 0. The number of likely N-dealkylation sites (tertiary alicyclic amines) is 1. The Bertz CT molecular complexity index is 527. The molecule has 0 aromatic heterocycles. The van der Waals surface area contributed by atoms with Gasteiger partial charge >= 0.3 is 6.03 Å². The third-order valence-corrected chi connectivity index (χ3v) is 4.11. The lowest BCUT2D eigenvalue weighted by Gasteiger charge is -2.36. The Morgan fingerprint density at radius 1 is 1.33 bits per heavy atom. The molecule has 1 saturated heterocycles. The number of nitrogens with one attached hydrogen (secondary N) is 1. The van der Waals surface area contributed by atoms with E-state index in [0.29, 0.717) is 23.8 Å². The van der Waals surface area contributed by atoms with Gasteiger partial charge in [0.2, 0.25) is 5.91 Å².